The largest absolute Gasteiger partial charge is 0.507 e. The van der Waals surface area contributed by atoms with Crippen molar-refractivity contribution in [1.29, 1.82) is 0 Å². The Morgan fingerprint density at radius 3 is 2.00 bits per heavy atom. The average molecular weight is 199 g/mol. The molecule has 1 unspecified atom stereocenters. The van der Waals surface area contributed by atoms with Crippen molar-refractivity contribution in [2.75, 3.05) is 13.3 Å². The van der Waals surface area contributed by atoms with E-state index >= 15 is 0 Å². The summed E-state index contributed by atoms with van der Waals surface area (Å²) in [7, 11) is 0.120. The summed E-state index contributed by atoms with van der Waals surface area (Å²) in [5.41, 5.74) is 1.32. The van der Waals surface area contributed by atoms with Gasteiger partial charge in [0.2, 0.25) is 0 Å². The maximum Gasteiger partial charge on any atom is 0.507 e. The van der Waals surface area contributed by atoms with Gasteiger partial charge in [0, 0.05) is 0 Å². The van der Waals surface area contributed by atoms with Gasteiger partial charge in [0.15, 0.2) is 6.16 Å². The van der Waals surface area contributed by atoms with E-state index in [-0.39, 0.29) is 0 Å². The molecular weight excluding hydrogens is 183 g/mol. The van der Waals surface area contributed by atoms with Crippen LogP contribution < -0.4 is 0 Å². The first-order valence-corrected chi connectivity index (χ1v) is 5.57. The Balaban J connectivity index is 0.000000226. The van der Waals surface area contributed by atoms with Crippen LogP contribution in [-0.4, -0.2) is 13.3 Å². The van der Waals surface area contributed by atoms with Crippen molar-refractivity contribution in [2.24, 2.45) is 0 Å². The molecule has 0 fully saturated rings. The van der Waals surface area contributed by atoms with E-state index in [9.17, 15) is 4.57 Å². The third kappa shape index (κ3) is 7.63. The van der Waals surface area contributed by atoms with Crippen molar-refractivity contribution in [3.8, 4) is 0 Å². The normalized spacial score (nSPS) is 9.92. The van der Waals surface area contributed by atoms with E-state index in [1.165, 1.54) is 12.7 Å². The quantitative estimate of drug-likeness (QED) is 0.682. The van der Waals surface area contributed by atoms with Crippen molar-refractivity contribution in [3.63, 3.8) is 0 Å². The summed E-state index contributed by atoms with van der Waals surface area (Å²) in [5.74, 6) is 0. The van der Waals surface area contributed by atoms with E-state index in [1.54, 1.807) is 0 Å². The zero-order valence-corrected chi connectivity index (χ0v) is 9.25. The third-order valence-corrected chi connectivity index (χ3v) is 2.33. The van der Waals surface area contributed by atoms with Crippen LogP contribution in [0, 0.1) is 6.92 Å². The maximum absolute atomic E-state index is 10.1. The molecule has 1 aromatic rings. The molecule has 0 N–H and O–H groups in total. The molecule has 1 rings (SSSR count). The molecule has 1 aromatic carbocycles. The third-order valence-electron chi connectivity index (χ3n) is 1.40. The molecule has 3 heteroatoms. The Hall–Kier alpha value is -0.720. The fourth-order valence-electron chi connectivity index (χ4n) is 0.663. The van der Waals surface area contributed by atoms with E-state index in [0.717, 1.165) is 0 Å². The summed E-state index contributed by atoms with van der Waals surface area (Å²) in [5, 5.41) is 0. The number of aryl methyl sites for hydroxylation is 1. The van der Waals surface area contributed by atoms with Crippen LogP contribution in [0.2, 0.25) is 0 Å². The number of hydrogen-bond acceptors (Lipinski definition) is 2. The minimum absolute atomic E-state index is 0.617. The lowest BCUT2D eigenvalue weighted by atomic mass is 10.2. The molecule has 0 saturated carbocycles. The number of rotatable bonds is 2. The molecule has 2 nitrogen and oxygen atoms in total. The van der Waals surface area contributed by atoms with E-state index in [2.05, 4.69) is 23.6 Å². The van der Waals surface area contributed by atoms with Gasteiger partial charge in [-0.15, -0.1) is 4.52 Å². The van der Waals surface area contributed by atoms with E-state index < -0.39 is 8.03 Å². The topological polar surface area (TPSA) is 26.3 Å². The van der Waals surface area contributed by atoms with E-state index in [4.69, 9.17) is 0 Å². The summed E-state index contributed by atoms with van der Waals surface area (Å²) in [6, 6.07) is 10.3. The Morgan fingerprint density at radius 2 is 1.85 bits per heavy atom. The molecule has 0 amide bonds. The van der Waals surface area contributed by atoms with E-state index in [1.807, 2.05) is 25.1 Å². The summed E-state index contributed by atoms with van der Waals surface area (Å²) in [6.07, 6.45) is 0.617. The highest BCUT2D eigenvalue weighted by atomic mass is 31.1. The van der Waals surface area contributed by atoms with Crippen LogP contribution in [0.3, 0.4) is 0 Å². The van der Waals surface area contributed by atoms with Crippen LogP contribution in [0.1, 0.15) is 12.5 Å². The molecule has 1 atom stereocenters. The second-order valence-electron chi connectivity index (χ2n) is 2.49. The predicted molar refractivity (Wildman–Crippen MR) is 56.3 cm³/mol. The maximum atomic E-state index is 10.1. The van der Waals surface area contributed by atoms with Crippen LogP contribution in [0.15, 0.2) is 30.3 Å². The molecule has 0 spiro atoms. The van der Waals surface area contributed by atoms with E-state index in [0.29, 0.717) is 6.16 Å². The van der Waals surface area contributed by atoms with Gasteiger partial charge in [-0.2, -0.15) is 0 Å². The molecule has 0 aromatic heterocycles. The zero-order valence-electron chi connectivity index (χ0n) is 8.36. The molecule has 0 aliphatic carbocycles. The molecule has 0 saturated heterocycles. The monoisotopic (exact) mass is 199 g/mol. The predicted octanol–water partition coefficient (Wildman–Crippen LogP) is 3.39. The van der Waals surface area contributed by atoms with Gasteiger partial charge in [-0.05, 0) is 18.4 Å². The first-order valence-electron chi connectivity index (χ1n) is 4.21. The van der Waals surface area contributed by atoms with Crippen LogP contribution in [0.25, 0.3) is 0 Å². The first-order chi connectivity index (χ1) is 6.20. The van der Waals surface area contributed by atoms with Crippen LogP contribution >= 0.6 is 8.03 Å². The molecule has 0 aliphatic rings. The Labute approximate surface area is 80.8 Å². The highest BCUT2D eigenvalue weighted by molar-refractivity contribution is 7.39. The highest BCUT2D eigenvalue weighted by Gasteiger charge is 2.06. The van der Waals surface area contributed by atoms with Crippen LogP contribution in [-0.2, 0) is 9.09 Å². The van der Waals surface area contributed by atoms with Gasteiger partial charge in [-0.1, -0.05) is 35.9 Å². The molecule has 0 heterocycles. The highest BCUT2D eigenvalue weighted by Crippen LogP contribution is 2.17. The second-order valence-corrected chi connectivity index (χ2v) is 4.15. The molecule has 13 heavy (non-hydrogen) atoms. The lowest BCUT2D eigenvalue weighted by Crippen LogP contribution is -1.66. The van der Waals surface area contributed by atoms with Gasteiger partial charge in [0.25, 0.3) is 0 Å². The molecule has 0 radical (unpaired) electrons. The smallest absolute Gasteiger partial charge is 0.150 e. The van der Waals surface area contributed by atoms with Gasteiger partial charge in [0.1, 0.15) is 0 Å². The van der Waals surface area contributed by atoms with Gasteiger partial charge in [-0.25, -0.2) is 0 Å². The SMILES string of the molecule is CC[P+](=O)OC.Cc1ccccc1. The van der Waals surface area contributed by atoms with Gasteiger partial charge in [0.05, 0.1) is 7.11 Å². The van der Waals surface area contributed by atoms with Crippen molar-refractivity contribution in [2.45, 2.75) is 13.8 Å². The fourth-order valence-corrected chi connectivity index (χ4v) is 0.922. The Bertz CT molecular complexity index is 228. The summed E-state index contributed by atoms with van der Waals surface area (Å²) >= 11 is 0. The second kappa shape index (κ2) is 7.90. The zero-order chi connectivity index (χ0) is 10.1. The van der Waals surface area contributed by atoms with Crippen molar-refractivity contribution < 1.29 is 9.09 Å². The first kappa shape index (κ1) is 12.3. The van der Waals surface area contributed by atoms with Crippen molar-refractivity contribution in [1.82, 2.24) is 0 Å². The van der Waals surface area contributed by atoms with Crippen LogP contribution in [0.4, 0.5) is 0 Å². The van der Waals surface area contributed by atoms with Crippen molar-refractivity contribution in [3.05, 3.63) is 35.9 Å². The minimum atomic E-state index is -1.33. The Kier molecular flexibility index (Phi) is 7.47. The fraction of sp³-hybridized carbons (Fsp3) is 0.400. The van der Waals surface area contributed by atoms with Gasteiger partial charge >= 0.3 is 8.03 Å². The summed E-state index contributed by atoms with van der Waals surface area (Å²) in [6.45, 7) is 3.90. The van der Waals surface area contributed by atoms with Gasteiger partial charge < -0.3 is 0 Å². The van der Waals surface area contributed by atoms with Gasteiger partial charge in [-0.3, -0.25) is 0 Å². The number of hydrogen-bond donors (Lipinski definition) is 0. The standard InChI is InChI=1S/C7H8.C3H8O2P/c1-7-5-3-2-4-6-7;1-3-6(4)5-2/h2-6H,1H3;3H2,1-2H3/q;+1. The summed E-state index contributed by atoms with van der Waals surface area (Å²) < 4.78 is 14.5. The molecule has 72 valence electrons. The lowest BCUT2D eigenvalue weighted by molar-refractivity contribution is 0.416. The summed E-state index contributed by atoms with van der Waals surface area (Å²) in [4.78, 5) is 0. The molecular formula is C10H16O2P+. The average Bonchev–Trinajstić information content (AvgIpc) is 2.19. The van der Waals surface area contributed by atoms with Crippen LogP contribution in [0.5, 0.6) is 0 Å². The molecule has 0 bridgehead atoms. The minimum Gasteiger partial charge on any atom is -0.150 e. The number of benzene rings is 1. The molecule has 0 aliphatic heterocycles. The van der Waals surface area contributed by atoms with Crippen molar-refractivity contribution >= 4 is 8.03 Å². The lowest BCUT2D eigenvalue weighted by Gasteiger charge is -1.82. The Morgan fingerprint density at radius 1 is 1.31 bits per heavy atom.